The van der Waals surface area contributed by atoms with Crippen molar-refractivity contribution in [3.63, 3.8) is 0 Å². The van der Waals surface area contributed by atoms with E-state index >= 15 is 0 Å². The second kappa shape index (κ2) is 11.0. The van der Waals surface area contributed by atoms with E-state index < -0.39 is 12.0 Å². The van der Waals surface area contributed by atoms with E-state index in [2.05, 4.69) is 15.4 Å². The fourth-order valence-corrected chi connectivity index (χ4v) is 4.78. The van der Waals surface area contributed by atoms with Crippen molar-refractivity contribution in [2.24, 2.45) is 0 Å². The summed E-state index contributed by atoms with van der Waals surface area (Å²) in [5.41, 5.74) is 2.16. The Kier molecular flexibility index (Phi) is 7.85. The second-order valence-electron chi connectivity index (χ2n) is 7.75. The average molecular weight is 529 g/mol. The van der Waals surface area contributed by atoms with Gasteiger partial charge in [-0.1, -0.05) is 35.5 Å². The minimum Gasteiger partial charge on any atom is -0.493 e. The van der Waals surface area contributed by atoms with E-state index in [9.17, 15) is 9.59 Å². The molecule has 2 aromatic carbocycles. The Morgan fingerprint density at radius 3 is 2.56 bits per heavy atom. The third-order valence-corrected chi connectivity index (χ3v) is 6.64. The van der Waals surface area contributed by atoms with E-state index in [1.54, 1.807) is 56.0 Å². The molecule has 1 atom stereocenters. The molecule has 0 amide bonds. The van der Waals surface area contributed by atoms with Crippen molar-refractivity contribution >= 4 is 41.1 Å². The average Bonchev–Trinajstić information content (AvgIpc) is 3.28. The van der Waals surface area contributed by atoms with Gasteiger partial charge in [-0.2, -0.15) is 4.98 Å². The van der Waals surface area contributed by atoms with Gasteiger partial charge >= 0.3 is 5.97 Å². The number of nitrogens with zero attached hydrogens (tertiary/aromatic N) is 3. The van der Waals surface area contributed by atoms with Crippen LogP contribution in [0, 0.1) is 0 Å². The van der Waals surface area contributed by atoms with Crippen LogP contribution in [0.15, 0.2) is 58.9 Å². The summed E-state index contributed by atoms with van der Waals surface area (Å²) < 4.78 is 18.1. The van der Waals surface area contributed by atoms with E-state index in [-0.39, 0.29) is 18.1 Å². The normalized spacial score (nSPS) is 14.6. The van der Waals surface area contributed by atoms with Crippen molar-refractivity contribution < 1.29 is 23.8 Å². The number of rotatable bonds is 9. The van der Waals surface area contributed by atoms with Crippen LogP contribution in [0.2, 0.25) is 5.02 Å². The van der Waals surface area contributed by atoms with Gasteiger partial charge in [0, 0.05) is 21.8 Å². The molecular weight excluding hydrogens is 504 g/mol. The molecule has 1 unspecified atom stereocenters. The molecule has 0 bridgehead atoms. The zero-order valence-corrected chi connectivity index (χ0v) is 21.8. The van der Waals surface area contributed by atoms with Crippen LogP contribution in [0.3, 0.4) is 0 Å². The lowest BCUT2D eigenvalue weighted by atomic mass is 9.94. The van der Waals surface area contributed by atoms with Crippen LogP contribution in [0.1, 0.15) is 35.8 Å². The molecule has 0 spiro atoms. The Morgan fingerprint density at radius 1 is 1.14 bits per heavy atom. The van der Waals surface area contributed by atoms with E-state index in [4.69, 9.17) is 25.8 Å². The Bertz CT molecular complexity index is 1320. The fourth-order valence-electron chi connectivity index (χ4n) is 3.93. The Hall–Kier alpha value is -3.50. The van der Waals surface area contributed by atoms with E-state index in [0.29, 0.717) is 50.0 Å². The van der Waals surface area contributed by atoms with Gasteiger partial charge in [0.1, 0.15) is 6.04 Å². The van der Waals surface area contributed by atoms with Gasteiger partial charge in [-0.15, -0.1) is 5.10 Å². The van der Waals surface area contributed by atoms with Crippen molar-refractivity contribution in [3.05, 3.63) is 69.9 Å². The van der Waals surface area contributed by atoms with Crippen molar-refractivity contribution in [2.75, 3.05) is 31.9 Å². The molecule has 1 aromatic heterocycles. The lowest BCUT2D eigenvalue weighted by Crippen LogP contribution is -2.30. The third kappa shape index (κ3) is 5.05. The van der Waals surface area contributed by atoms with Crippen LogP contribution in [0.5, 0.6) is 11.5 Å². The molecule has 0 saturated heterocycles. The van der Waals surface area contributed by atoms with Gasteiger partial charge < -0.3 is 19.5 Å². The molecule has 1 aliphatic heterocycles. The van der Waals surface area contributed by atoms with Gasteiger partial charge in [0.2, 0.25) is 11.1 Å². The first-order chi connectivity index (χ1) is 17.4. The number of esters is 1. The van der Waals surface area contributed by atoms with Crippen LogP contribution in [-0.2, 0) is 9.53 Å². The molecule has 3 aromatic rings. The highest BCUT2D eigenvalue weighted by molar-refractivity contribution is 7.99. The molecule has 9 nitrogen and oxygen atoms in total. The van der Waals surface area contributed by atoms with E-state index in [1.165, 1.54) is 18.9 Å². The number of thioether (sulfide) groups is 1. The predicted octanol–water partition coefficient (Wildman–Crippen LogP) is 4.78. The van der Waals surface area contributed by atoms with Gasteiger partial charge in [-0.3, -0.25) is 4.79 Å². The maximum atomic E-state index is 13.0. The molecule has 4 rings (SSSR count). The summed E-state index contributed by atoms with van der Waals surface area (Å²) in [6.45, 7) is 3.75. The molecule has 1 aliphatic rings. The maximum Gasteiger partial charge on any atom is 0.338 e. The van der Waals surface area contributed by atoms with Crippen LogP contribution in [0.4, 0.5) is 5.95 Å². The number of allylic oxidation sites excluding steroid dienone is 1. The lowest BCUT2D eigenvalue weighted by Gasteiger charge is -2.29. The van der Waals surface area contributed by atoms with E-state index in [1.807, 2.05) is 12.1 Å². The second-order valence-corrected chi connectivity index (χ2v) is 9.13. The summed E-state index contributed by atoms with van der Waals surface area (Å²) in [5, 5.41) is 8.73. The summed E-state index contributed by atoms with van der Waals surface area (Å²) in [7, 11) is 3.08. The number of fused-ring (bicyclic) bond motifs is 1. The molecular formula is C25H25ClN4O5S. The molecule has 2 heterocycles. The number of aromatic nitrogens is 3. The number of ketones is 1. The number of para-hydroxylation sites is 1. The number of halogens is 1. The molecule has 0 fully saturated rings. The highest BCUT2D eigenvalue weighted by Crippen LogP contribution is 2.43. The van der Waals surface area contributed by atoms with Gasteiger partial charge in [0.15, 0.2) is 17.3 Å². The largest absolute Gasteiger partial charge is 0.493 e. The molecule has 1 N–H and O–H groups in total. The minimum atomic E-state index is -0.695. The molecule has 188 valence electrons. The number of hydrogen-bond donors (Lipinski definition) is 1. The Morgan fingerprint density at radius 2 is 1.89 bits per heavy atom. The Balaban J connectivity index is 1.71. The first-order valence-electron chi connectivity index (χ1n) is 11.1. The number of hydrogen-bond acceptors (Lipinski definition) is 9. The number of nitrogens with one attached hydrogen (secondary N) is 1. The van der Waals surface area contributed by atoms with Crippen LogP contribution in [0.25, 0.3) is 0 Å². The zero-order chi connectivity index (χ0) is 25.8. The van der Waals surface area contributed by atoms with Crippen molar-refractivity contribution in [1.82, 2.24) is 14.8 Å². The van der Waals surface area contributed by atoms with Crippen molar-refractivity contribution in [1.29, 1.82) is 0 Å². The lowest BCUT2D eigenvalue weighted by molar-refractivity contribution is -0.139. The number of methoxy groups -OCH3 is 2. The fraction of sp³-hybridized carbons (Fsp3) is 0.280. The van der Waals surface area contributed by atoms with Crippen molar-refractivity contribution in [2.45, 2.75) is 25.0 Å². The highest BCUT2D eigenvalue weighted by atomic mass is 35.5. The molecule has 11 heteroatoms. The van der Waals surface area contributed by atoms with Gasteiger partial charge in [0.05, 0.1) is 32.2 Å². The number of carbonyl (C=O) groups is 2. The predicted molar refractivity (Wildman–Crippen MR) is 137 cm³/mol. The van der Waals surface area contributed by atoms with Gasteiger partial charge in [-0.25, -0.2) is 9.48 Å². The summed E-state index contributed by atoms with van der Waals surface area (Å²) in [6.07, 6.45) is 0. The Labute approximate surface area is 217 Å². The first-order valence-corrected chi connectivity index (χ1v) is 12.5. The number of carbonyl (C=O) groups excluding carboxylic acids is 2. The summed E-state index contributed by atoms with van der Waals surface area (Å²) in [5.74, 6) is 0.983. The number of ether oxygens (including phenoxy) is 3. The molecule has 0 aliphatic carbocycles. The minimum absolute atomic E-state index is 0.0788. The highest BCUT2D eigenvalue weighted by Gasteiger charge is 2.37. The summed E-state index contributed by atoms with van der Waals surface area (Å²) in [4.78, 5) is 30.2. The van der Waals surface area contributed by atoms with E-state index in [0.717, 1.165) is 0 Å². The number of benzene rings is 2. The van der Waals surface area contributed by atoms with Gasteiger partial charge in [-0.05, 0) is 44.2 Å². The standard InChI is InChI=1S/C25H25ClN4O5S/c1-5-35-23(32)20-14(2)27-24-28-25(36-13-18(31)15-9-11-16(26)12-10-15)29-30(24)21(20)17-7-6-8-19(33-3)22(17)34-4/h6-12,21H,5,13H2,1-4H3,(H,27,28,29). The zero-order valence-electron chi connectivity index (χ0n) is 20.2. The maximum absolute atomic E-state index is 13.0. The van der Waals surface area contributed by atoms with Crippen LogP contribution >= 0.6 is 23.4 Å². The monoisotopic (exact) mass is 528 g/mol. The number of Topliss-reactive ketones (excluding diaryl/α,β-unsaturated/α-hetero) is 1. The smallest absolute Gasteiger partial charge is 0.338 e. The SMILES string of the molecule is CCOC(=O)C1=C(C)Nc2nc(SCC(=O)c3ccc(Cl)cc3)nn2C1c1cccc(OC)c1OC. The van der Waals surface area contributed by atoms with Crippen LogP contribution < -0.4 is 14.8 Å². The first kappa shape index (κ1) is 25.6. The molecule has 0 saturated carbocycles. The topological polar surface area (TPSA) is 105 Å². The van der Waals surface area contributed by atoms with Gasteiger partial charge in [0.25, 0.3) is 0 Å². The van der Waals surface area contributed by atoms with Crippen molar-refractivity contribution in [3.8, 4) is 11.5 Å². The molecule has 36 heavy (non-hydrogen) atoms. The summed E-state index contributed by atoms with van der Waals surface area (Å²) in [6, 6.07) is 11.4. The molecule has 0 radical (unpaired) electrons. The van der Waals surface area contributed by atoms with Crippen LogP contribution in [-0.4, -0.2) is 53.1 Å². The third-order valence-electron chi connectivity index (χ3n) is 5.56. The number of anilines is 1. The summed E-state index contributed by atoms with van der Waals surface area (Å²) >= 11 is 7.12. The quantitative estimate of drug-likeness (QED) is 0.239.